The molecule has 0 aliphatic rings. The Morgan fingerprint density at radius 3 is 2.60 bits per heavy atom. The first-order chi connectivity index (χ1) is 11.7. The highest BCUT2D eigenvalue weighted by Crippen LogP contribution is 2.33. The Morgan fingerprint density at radius 2 is 1.96 bits per heavy atom. The minimum atomic E-state index is -4.52. The normalized spacial score (nSPS) is 11.9. The number of aryl methyl sites for hydroxylation is 1. The van der Waals surface area contributed by atoms with Gasteiger partial charge in [-0.3, -0.25) is 4.79 Å². The first kappa shape index (κ1) is 17.8. The summed E-state index contributed by atoms with van der Waals surface area (Å²) in [7, 11) is 0. The van der Waals surface area contributed by atoms with Gasteiger partial charge >= 0.3 is 6.18 Å². The molecule has 3 rings (SSSR count). The van der Waals surface area contributed by atoms with Gasteiger partial charge in [0.2, 0.25) is 0 Å². The lowest BCUT2D eigenvalue weighted by atomic mass is 10.1. The average Bonchev–Trinajstić information content (AvgIpc) is 2.94. The van der Waals surface area contributed by atoms with Crippen molar-refractivity contribution in [2.24, 2.45) is 0 Å². The van der Waals surface area contributed by atoms with Crippen molar-refractivity contribution >= 4 is 40.4 Å². The highest BCUT2D eigenvalue weighted by atomic mass is 35.5. The molecular weight excluding hydrogens is 376 g/mol. The largest absolute Gasteiger partial charge is 0.433 e. The number of aromatic nitrogens is 2. The number of fused-ring (bicyclic) bond motifs is 1. The molecule has 0 amide bonds. The van der Waals surface area contributed by atoms with Crippen molar-refractivity contribution < 1.29 is 18.0 Å². The summed E-state index contributed by atoms with van der Waals surface area (Å²) in [5, 5.41) is 1.19. The SMILES string of the molecule is Cc1nc(C(F)(F)F)cc2[nH]c(Cc3c(Cl)ccc(C=O)c3Cl)cc12. The standard InChI is InChI=1S/C17H11Cl2F3N2O/c1-8-11-4-10(24-14(11)6-15(23-8)17(20,21)22)5-12-13(18)3-2-9(7-25)16(12)19/h2-4,6-7,24H,5H2,1H3. The minimum Gasteiger partial charge on any atom is -0.358 e. The highest BCUT2D eigenvalue weighted by molar-refractivity contribution is 6.37. The van der Waals surface area contributed by atoms with Gasteiger partial charge in [-0.15, -0.1) is 0 Å². The van der Waals surface area contributed by atoms with E-state index in [-0.39, 0.29) is 17.1 Å². The van der Waals surface area contributed by atoms with Crippen LogP contribution >= 0.6 is 23.2 Å². The molecular formula is C17H11Cl2F3N2O. The van der Waals surface area contributed by atoms with E-state index in [1.54, 1.807) is 12.1 Å². The van der Waals surface area contributed by atoms with Gasteiger partial charge in [-0.2, -0.15) is 13.2 Å². The minimum absolute atomic E-state index is 0.229. The zero-order chi connectivity index (χ0) is 18.4. The predicted molar refractivity (Wildman–Crippen MR) is 90.5 cm³/mol. The van der Waals surface area contributed by atoms with Crippen molar-refractivity contribution in [3.8, 4) is 0 Å². The number of hydrogen-bond acceptors (Lipinski definition) is 2. The molecule has 0 fully saturated rings. The smallest absolute Gasteiger partial charge is 0.358 e. The third kappa shape index (κ3) is 3.37. The lowest BCUT2D eigenvalue weighted by molar-refractivity contribution is -0.141. The summed E-state index contributed by atoms with van der Waals surface area (Å²) >= 11 is 12.3. The molecule has 0 aliphatic heterocycles. The van der Waals surface area contributed by atoms with Crippen LogP contribution in [0, 0.1) is 6.92 Å². The van der Waals surface area contributed by atoms with Crippen LogP contribution in [-0.2, 0) is 12.6 Å². The summed E-state index contributed by atoms with van der Waals surface area (Å²) in [6, 6.07) is 5.74. The van der Waals surface area contributed by atoms with E-state index >= 15 is 0 Å². The van der Waals surface area contributed by atoms with Gasteiger partial charge in [0.15, 0.2) is 6.29 Å². The van der Waals surface area contributed by atoms with E-state index in [1.807, 2.05) is 0 Å². The average molecular weight is 387 g/mol. The van der Waals surface area contributed by atoms with Crippen molar-refractivity contribution in [2.45, 2.75) is 19.5 Å². The maximum atomic E-state index is 12.9. The highest BCUT2D eigenvalue weighted by Gasteiger charge is 2.33. The van der Waals surface area contributed by atoms with E-state index in [0.29, 0.717) is 39.0 Å². The van der Waals surface area contributed by atoms with E-state index in [1.165, 1.54) is 13.0 Å². The number of nitrogens with zero attached hydrogens (tertiary/aromatic N) is 1. The summed E-state index contributed by atoms with van der Waals surface area (Å²) in [6.45, 7) is 1.52. The molecule has 2 heterocycles. The number of nitrogens with one attached hydrogen (secondary N) is 1. The number of carbonyl (C=O) groups is 1. The molecule has 2 aromatic heterocycles. The first-order valence-corrected chi connectivity index (χ1v) is 7.94. The van der Waals surface area contributed by atoms with Crippen molar-refractivity contribution in [2.75, 3.05) is 0 Å². The third-order valence-corrected chi connectivity index (χ3v) is 4.66. The van der Waals surface area contributed by atoms with E-state index in [9.17, 15) is 18.0 Å². The second kappa shape index (κ2) is 6.35. The van der Waals surface area contributed by atoms with Crippen LogP contribution in [-0.4, -0.2) is 16.3 Å². The number of aromatic amines is 1. The van der Waals surface area contributed by atoms with Crippen molar-refractivity contribution in [3.63, 3.8) is 0 Å². The molecule has 0 bridgehead atoms. The van der Waals surface area contributed by atoms with Crippen LogP contribution in [0.25, 0.3) is 10.9 Å². The molecule has 130 valence electrons. The topological polar surface area (TPSA) is 45.8 Å². The summed E-state index contributed by atoms with van der Waals surface area (Å²) < 4.78 is 38.7. The van der Waals surface area contributed by atoms with Crippen LogP contribution in [0.3, 0.4) is 0 Å². The summed E-state index contributed by atoms with van der Waals surface area (Å²) in [5.41, 5.74) is 1.09. The zero-order valence-corrected chi connectivity index (χ0v) is 14.4. The molecule has 0 atom stereocenters. The second-order valence-corrected chi connectivity index (χ2v) is 6.36. The molecule has 0 saturated heterocycles. The molecule has 8 heteroatoms. The van der Waals surface area contributed by atoms with Gasteiger partial charge in [-0.1, -0.05) is 23.2 Å². The van der Waals surface area contributed by atoms with E-state index in [4.69, 9.17) is 23.2 Å². The third-order valence-electron chi connectivity index (χ3n) is 3.86. The number of carbonyl (C=O) groups excluding carboxylic acids is 1. The van der Waals surface area contributed by atoms with E-state index in [0.717, 1.165) is 6.07 Å². The predicted octanol–water partition coefficient (Wildman–Crippen LogP) is 5.60. The number of pyridine rings is 1. The van der Waals surface area contributed by atoms with Gasteiger partial charge in [0.25, 0.3) is 0 Å². The zero-order valence-electron chi connectivity index (χ0n) is 12.8. The van der Waals surface area contributed by atoms with Crippen LogP contribution in [0.5, 0.6) is 0 Å². The van der Waals surface area contributed by atoms with Gasteiger partial charge in [-0.25, -0.2) is 4.98 Å². The molecule has 0 unspecified atom stereocenters. The fraction of sp³-hybridized carbons (Fsp3) is 0.176. The summed E-state index contributed by atoms with van der Waals surface area (Å²) in [4.78, 5) is 17.6. The van der Waals surface area contributed by atoms with Gasteiger partial charge in [0, 0.05) is 39.3 Å². The molecule has 1 N–H and O–H groups in total. The van der Waals surface area contributed by atoms with Gasteiger partial charge < -0.3 is 4.98 Å². The Morgan fingerprint density at radius 1 is 1.24 bits per heavy atom. The fourth-order valence-corrected chi connectivity index (χ4v) is 3.20. The summed E-state index contributed by atoms with van der Waals surface area (Å²) in [5.74, 6) is 0. The van der Waals surface area contributed by atoms with Gasteiger partial charge in [-0.05, 0) is 36.8 Å². The van der Waals surface area contributed by atoms with E-state index < -0.39 is 11.9 Å². The van der Waals surface area contributed by atoms with Crippen molar-refractivity contribution in [1.29, 1.82) is 0 Å². The molecule has 3 aromatic rings. The summed E-state index contributed by atoms with van der Waals surface area (Å²) in [6.07, 6.45) is -3.65. The molecule has 25 heavy (non-hydrogen) atoms. The lowest BCUT2D eigenvalue weighted by Gasteiger charge is -2.07. The molecule has 0 radical (unpaired) electrons. The van der Waals surface area contributed by atoms with Crippen LogP contribution in [0.15, 0.2) is 24.3 Å². The first-order valence-electron chi connectivity index (χ1n) is 7.19. The second-order valence-electron chi connectivity index (χ2n) is 5.57. The number of halogens is 5. The molecule has 0 saturated carbocycles. The monoisotopic (exact) mass is 386 g/mol. The number of hydrogen-bond donors (Lipinski definition) is 1. The van der Waals surface area contributed by atoms with Crippen LogP contribution in [0.4, 0.5) is 13.2 Å². The number of alkyl halides is 3. The van der Waals surface area contributed by atoms with Gasteiger partial charge in [0.1, 0.15) is 5.69 Å². The number of benzene rings is 1. The fourth-order valence-electron chi connectivity index (χ4n) is 2.65. The Kier molecular flexibility index (Phi) is 4.51. The number of rotatable bonds is 3. The molecule has 3 nitrogen and oxygen atoms in total. The molecule has 1 aromatic carbocycles. The Labute approximate surface area is 150 Å². The number of aldehydes is 1. The van der Waals surface area contributed by atoms with Crippen molar-refractivity contribution in [3.05, 3.63) is 62.5 Å². The molecule has 0 spiro atoms. The number of H-pyrrole nitrogens is 1. The lowest BCUT2D eigenvalue weighted by Crippen LogP contribution is -2.08. The van der Waals surface area contributed by atoms with Crippen LogP contribution in [0.1, 0.15) is 33.0 Å². The van der Waals surface area contributed by atoms with Crippen LogP contribution < -0.4 is 0 Å². The Hall–Kier alpha value is -2.05. The van der Waals surface area contributed by atoms with Crippen LogP contribution in [0.2, 0.25) is 10.0 Å². The Balaban J connectivity index is 2.07. The quantitative estimate of drug-likeness (QED) is 0.595. The Bertz CT molecular complexity index is 980. The van der Waals surface area contributed by atoms with E-state index in [2.05, 4.69) is 9.97 Å². The maximum Gasteiger partial charge on any atom is 0.433 e. The maximum absolute atomic E-state index is 12.9. The van der Waals surface area contributed by atoms with Crippen molar-refractivity contribution in [1.82, 2.24) is 9.97 Å². The molecule has 0 aliphatic carbocycles. The van der Waals surface area contributed by atoms with Gasteiger partial charge in [0.05, 0.1) is 5.02 Å².